The molecule has 2 aromatic rings. The van der Waals surface area contributed by atoms with Crippen molar-refractivity contribution in [1.82, 2.24) is 14.5 Å². The minimum absolute atomic E-state index is 0.132. The number of likely N-dealkylation sites (tertiary alicyclic amines) is 1. The van der Waals surface area contributed by atoms with Gasteiger partial charge in [0.25, 0.3) is 12.0 Å². The Morgan fingerprint density at radius 3 is 2.83 bits per heavy atom. The molecule has 1 fully saturated rings. The lowest BCUT2D eigenvalue weighted by atomic mass is 10.1. The zero-order valence-electron chi connectivity index (χ0n) is 12.9. The maximum absolute atomic E-state index is 12.3. The first-order valence-corrected chi connectivity index (χ1v) is 7.66. The SMILES string of the molecule is O=C(CCn1cnc2ccccc2c1=O)N1CC(OCC(F)F)C1. The van der Waals surface area contributed by atoms with E-state index in [9.17, 15) is 18.4 Å². The number of hydrogen-bond donors (Lipinski definition) is 0. The summed E-state index contributed by atoms with van der Waals surface area (Å²) in [5, 5.41) is 0.511. The van der Waals surface area contributed by atoms with Crippen molar-refractivity contribution in [3.05, 3.63) is 40.9 Å². The van der Waals surface area contributed by atoms with Crippen LogP contribution in [0.3, 0.4) is 0 Å². The Morgan fingerprint density at radius 2 is 2.08 bits per heavy atom. The van der Waals surface area contributed by atoms with Crippen LogP contribution in [-0.2, 0) is 16.1 Å². The molecule has 0 aliphatic carbocycles. The van der Waals surface area contributed by atoms with Crippen LogP contribution in [0.4, 0.5) is 8.78 Å². The molecular formula is C16H17F2N3O3. The number of carbonyl (C=O) groups excluding carboxylic acids is 1. The molecule has 0 unspecified atom stereocenters. The number of ether oxygens (including phenoxy) is 1. The van der Waals surface area contributed by atoms with Crippen LogP contribution in [0.1, 0.15) is 6.42 Å². The standard InChI is InChI=1S/C16H17F2N3O3/c17-14(18)9-24-11-7-21(8-11)15(22)5-6-20-10-19-13-4-2-1-3-12(13)16(20)23/h1-4,10-11,14H,5-9H2. The van der Waals surface area contributed by atoms with E-state index >= 15 is 0 Å². The van der Waals surface area contributed by atoms with Gasteiger partial charge in [-0.15, -0.1) is 0 Å². The van der Waals surface area contributed by atoms with Crippen molar-refractivity contribution >= 4 is 16.8 Å². The fourth-order valence-corrected chi connectivity index (χ4v) is 2.60. The quantitative estimate of drug-likeness (QED) is 0.797. The minimum Gasteiger partial charge on any atom is -0.369 e. The number of hydrogen-bond acceptors (Lipinski definition) is 4. The van der Waals surface area contributed by atoms with Gasteiger partial charge in [-0.25, -0.2) is 13.8 Å². The summed E-state index contributed by atoms with van der Waals surface area (Å²) in [7, 11) is 0. The molecular weight excluding hydrogens is 320 g/mol. The zero-order valence-corrected chi connectivity index (χ0v) is 12.9. The normalized spacial score (nSPS) is 15.0. The highest BCUT2D eigenvalue weighted by Crippen LogP contribution is 2.14. The van der Waals surface area contributed by atoms with Crippen LogP contribution in [0.2, 0.25) is 0 Å². The highest BCUT2D eigenvalue weighted by Gasteiger charge is 2.31. The Kier molecular flexibility index (Phi) is 4.84. The van der Waals surface area contributed by atoms with Gasteiger partial charge in [-0.1, -0.05) is 12.1 Å². The number of alkyl halides is 2. The van der Waals surface area contributed by atoms with Gasteiger partial charge >= 0.3 is 0 Å². The number of fused-ring (bicyclic) bond motifs is 1. The van der Waals surface area contributed by atoms with Gasteiger partial charge in [0.2, 0.25) is 5.91 Å². The maximum Gasteiger partial charge on any atom is 0.261 e. The van der Waals surface area contributed by atoms with Crippen molar-refractivity contribution in [1.29, 1.82) is 0 Å². The molecule has 1 amide bonds. The molecule has 1 saturated heterocycles. The summed E-state index contributed by atoms with van der Waals surface area (Å²) in [6, 6.07) is 7.02. The molecule has 0 N–H and O–H groups in total. The van der Waals surface area contributed by atoms with E-state index in [1.165, 1.54) is 15.8 Å². The fourth-order valence-electron chi connectivity index (χ4n) is 2.60. The van der Waals surface area contributed by atoms with Gasteiger partial charge in [-0.2, -0.15) is 0 Å². The summed E-state index contributed by atoms with van der Waals surface area (Å²) in [5.74, 6) is -0.132. The summed E-state index contributed by atoms with van der Waals surface area (Å²) < 4.78 is 30.4. The van der Waals surface area contributed by atoms with Crippen molar-refractivity contribution in [2.24, 2.45) is 0 Å². The molecule has 1 aromatic carbocycles. The Hall–Kier alpha value is -2.35. The minimum atomic E-state index is -2.50. The molecule has 1 aliphatic heterocycles. The molecule has 0 bridgehead atoms. The van der Waals surface area contributed by atoms with Gasteiger partial charge in [0.05, 0.1) is 23.3 Å². The average Bonchev–Trinajstić information content (AvgIpc) is 2.52. The average molecular weight is 337 g/mol. The molecule has 0 radical (unpaired) electrons. The first-order valence-electron chi connectivity index (χ1n) is 7.66. The van der Waals surface area contributed by atoms with Gasteiger partial charge in [0.1, 0.15) is 6.61 Å². The molecule has 1 aliphatic rings. The van der Waals surface area contributed by atoms with Crippen LogP contribution in [0, 0.1) is 0 Å². The van der Waals surface area contributed by atoms with Crippen LogP contribution in [0.25, 0.3) is 10.9 Å². The second-order valence-electron chi connectivity index (χ2n) is 5.66. The van der Waals surface area contributed by atoms with Gasteiger partial charge in [-0.3, -0.25) is 14.2 Å². The summed E-state index contributed by atoms with van der Waals surface area (Å²) in [5.41, 5.74) is 0.432. The van der Waals surface area contributed by atoms with Crippen molar-refractivity contribution < 1.29 is 18.3 Å². The molecule has 1 aromatic heterocycles. The van der Waals surface area contributed by atoms with E-state index in [2.05, 4.69) is 4.98 Å². The summed E-state index contributed by atoms with van der Waals surface area (Å²) >= 11 is 0. The van der Waals surface area contributed by atoms with E-state index in [-0.39, 0.29) is 30.5 Å². The number of amides is 1. The Balaban J connectivity index is 1.53. The first kappa shape index (κ1) is 16.5. The maximum atomic E-state index is 12.3. The van der Waals surface area contributed by atoms with E-state index in [4.69, 9.17) is 4.74 Å². The van der Waals surface area contributed by atoms with Gasteiger partial charge < -0.3 is 9.64 Å². The predicted octanol–water partition coefficient (Wildman–Crippen LogP) is 1.28. The van der Waals surface area contributed by atoms with Gasteiger partial charge in [0, 0.05) is 26.1 Å². The highest BCUT2D eigenvalue weighted by atomic mass is 19.3. The number of halogens is 2. The third-order valence-electron chi connectivity index (χ3n) is 3.96. The van der Waals surface area contributed by atoms with Crippen molar-refractivity contribution in [2.75, 3.05) is 19.7 Å². The van der Waals surface area contributed by atoms with Crippen LogP contribution in [-0.4, -0.2) is 52.6 Å². The molecule has 3 rings (SSSR count). The number of benzene rings is 1. The molecule has 8 heteroatoms. The van der Waals surface area contributed by atoms with E-state index in [1.54, 1.807) is 24.3 Å². The number of nitrogens with zero attached hydrogens (tertiary/aromatic N) is 3. The Bertz CT molecular complexity index is 787. The van der Waals surface area contributed by atoms with Crippen molar-refractivity contribution in [3.63, 3.8) is 0 Å². The fraction of sp³-hybridized carbons (Fsp3) is 0.438. The topological polar surface area (TPSA) is 64.4 Å². The number of carbonyl (C=O) groups is 1. The first-order chi connectivity index (χ1) is 11.5. The van der Waals surface area contributed by atoms with Crippen LogP contribution < -0.4 is 5.56 Å². The molecule has 0 spiro atoms. The lowest BCUT2D eigenvalue weighted by molar-refractivity contribution is -0.148. The van der Waals surface area contributed by atoms with Gasteiger partial charge in [0.15, 0.2) is 0 Å². The molecule has 0 atom stereocenters. The lowest BCUT2D eigenvalue weighted by Crippen LogP contribution is -2.55. The van der Waals surface area contributed by atoms with E-state index in [0.717, 1.165) is 0 Å². The summed E-state index contributed by atoms with van der Waals surface area (Å²) in [4.78, 5) is 30.1. The highest BCUT2D eigenvalue weighted by molar-refractivity contribution is 5.78. The van der Waals surface area contributed by atoms with Crippen LogP contribution >= 0.6 is 0 Å². The zero-order chi connectivity index (χ0) is 17.1. The second kappa shape index (κ2) is 7.04. The van der Waals surface area contributed by atoms with Crippen LogP contribution in [0.15, 0.2) is 35.4 Å². The Morgan fingerprint density at radius 1 is 1.33 bits per heavy atom. The number of aryl methyl sites for hydroxylation is 1. The summed E-state index contributed by atoms with van der Waals surface area (Å²) in [6.45, 7) is 0.256. The number of para-hydroxylation sites is 1. The largest absolute Gasteiger partial charge is 0.369 e. The van der Waals surface area contributed by atoms with E-state index < -0.39 is 13.0 Å². The number of aromatic nitrogens is 2. The Labute approximate surface area is 136 Å². The predicted molar refractivity (Wildman–Crippen MR) is 82.9 cm³/mol. The summed E-state index contributed by atoms with van der Waals surface area (Å²) in [6.07, 6.45) is -1.24. The van der Waals surface area contributed by atoms with E-state index in [1.807, 2.05) is 0 Å². The molecule has 24 heavy (non-hydrogen) atoms. The second-order valence-corrected chi connectivity index (χ2v) is 5.66. The smallest absolute Gasteiger partial charge is 0.261 e. The lowest BCUT2D eigenvalue weighted by Gasteiger charge is -2.38. The molecule has 0 saturated carbocycles. The number of rotatable bonds is 6. The van der Waals surface area contributed by atoms with Crippen LogP contribution in [0.5, 0.6) is 0 Å². The van der Waals surface area contributed by atoms with Gasteiger partial charge in [-0.05, 0) is 12.1 Å². The van der Waals surface area contributed by atoms with E-state index in [0.29, 0.717) is 24.0 Å². The third-order valence-corrected chi connectivity index (χ3v) is 3.96. The van der Waals surface area contributed by atoms with Crippen molar-refractivity contribution in [2.45, 2.75) is 25.5 Å². The molecule has 2 heterocycles. The van der Waals surface area contributed by atoms with Crippen molar-refractivity contribution in [3.8, 4) is 0 Å². The molecule has 128 valence electrons. The molecule has 6 nitrogen and oxygen atoms in total. The monoisotopic (exact) mass is 337 g/mol. The third kappa shape index (κ3) is 3.59.